The van der Waals surface area contributed by atoms with Gasteiger partial charge in [0.2, 0.25) is 0 Å². The predicted octanol–water partition coefficient (Wildman–Crippen LogP) is 6.13. The van der Waals surface area contributed by atoms with Gasteiger partial charge in [0.1, 0.15) is 23.9 Å². The molecule has 1 heterocycles. The van der Waals surface area contributed by atoms with E-state index in [4.69, 9.17) is 9.47 Å². The molecule has 41 heavy (non-hydrogen) atoms. The van der Waals surface area contributed by atoms with Crippen LogP contribution < -0.4 is 9.47 Å². The quantitative estimate of drug-likeness (QED) is 0.155. The number of hydrogen-bond acceptors (Lipinski definition) is 6. The summed E-state index contributed by atoms with van der Waals surface area (Å²) in [6.07, 6.45) is 0.892. The lowest BCUT2D eigenvalue weighted by Crippen LogP contribution is -2.38. The van der Waals surface area contributed by atoms with E-state index in [1.54, 1.807) is 29.2 Å². The van der Waals surface area contributed by atoms with Crippen LogP contribution in [0, 0.1) is 6.92 Å². The summed E-state index contributed by atoms with van der Waals surface area (Å²) in [6, 6.07) is 21.7. The Morgan fingerprint density at radius 1 is 0.878 bits per heavy atom. The van der Waals surface area contributed by atoms with Gasteiger partial charge in [-0.1, -0.05) is 57.2 Å². The molecule has 0 bridgehead atoms. The molecule has 1 amide bonds. The summed E-state index contributed by atoms with van der Waals surface area (Å²) in [5.74, 6) is -0.123. The van der Waals surface area contributed by atoms with Gasteiger partial charge < -0.3 is 24.4 Å². The van der Waals surface area contributed by atoms with Crippen LogP contribution in [0.4, 0.5) is 0 Å². The zero-order chi connectivity index (χ0) is 29.4. The summed E-state index contributed by atoms with van der Waals surface area (Å²) >= 11 is 0. The minimum Gasteiger partial charge on any atom is -0.507 e. The number of carbonyl (C=O) groups is 2. The maximum Gasteiger partial charge on any atom is 0.295 e. The van der Waals surface area contributed by atoms with E-state index in [2.05, 4.69) is 18.7 Å². The summed E-state index contributed by atoms with van der Waals surface area (Å²) < 4.78 is 11.7. The number of hydrogen-bond donors (Lipinski definition) is 1. The number of ether oxygens (including phenoxy) is 2. The van der Waals surface area contributed by atoms with E-state index >= 15 is 0 Å². The first-order valence-corrected chi connectivity index (χ1v) is 14.4. The number of amides is 1. The van der Waals surface area contributed by atoms with Crippen molar-refractivity contribution in [1.29, 1.82) is 0 Å². The summed E-state index contributed by atoms with van der Waals surface area (Å²) in [4.78, 5) is 30.5. The Hall–Kier alpha value is -4.10. The lowest BCUT2D eigenvalue weighted by Gasteiger charge is -2.28. The zero-order valence-electron chi connectivity index (χ0n) is 24.4. The molecule has 0 saturated carbocycles. The van der Waals surface area contributed by atoms with Crippen LogP contribution in [0.15, 0.2) is 78.4 Å². The number of Topliss-reactive ketones (excluding diaryl/α,β-unsaturated/α-hetero) is 1. The molecule has 1 atom stereocenters. The number of likely N-dealkylation sites (N-methyl/N-ethyl adjacent to an activating group) is 1. The van der Waals surface area contributed by atoms with E-state index in [0.29, 0.717) is 37.6 Å². The highest BCUT2D eigenvalue weighted by atomic mass is 16.5. The molecule has 4 rings (SSSR count). The minimum atomic E-state index is -0.706. The topological polar surface area (TPSA) is 79.3 Å². The van der Waals surface area contributed by atoms with Crippen LogP contribution in [0.3, 0.4) is 0 Å². The molecule has 7 heteroatoms. The van der Waals surface area contributed by atoms with E-state index in [1.165, 1.54) is 0 Å². The number of aliphatic hydroxyl groups is 1. The molecular formula is C34H40N2O5. The Balaban J connectivity index is 1.64. The number of benzene rings is 3. The van der Waals surface area contributed by atoms with Gasteiger partial charge in [-0.15, -0.1) is 0 Å². The molecule has 1 saturated heterocycles. The maximum absolute atomic E-state index is 13.4. The predicted molar refractivity (Wildman–Crippen MR) is 161 cm³/mol. The molecule has 0 spiro atoms. The van der Waals surface area contributed by atoms with Gasteiger partial charge in [-0.2, -0.15) is 0 Å². The molecule has 3 aromatic carbocycles. The van der Waals surface area contributed by atoms with Gasteiger partial charge in [0.15, 0.2) is 0 Å². The first kappa shape index (κ1) is 29.9. The zero-order valence-corrected chi connectivity index (χ0v) is 24.4. The summed E-state index contributed by atoms with van der Waals surface area (Å²) in [5, 5.41) is 11.4. The number of likely N-dealkylation sites (tertiary alicyclic amines) is 1. The van der Waals surface area contributed by atoms with E-state index in [0.717, 1.165) is 42.0 Å². The molecule has 1 aliphatic rings. The van der Waals surface area contributed by atoms with Gasteiger partial charge in [0.25, 0.3) is 11.7 Å². The van der Waals surface area contributed by atoms with E-state index in [1.807, 2.05) is 62.4 Å². The van der Waals surface area contributed by atoms with Crippen LogP contribution >= 0.6 is 0 Å². The van der Waals surface area contributed by atoms with Crippen LogP contribution in [-0.4, -0.2) is 59.4 Å². The fraction of sp³-hybridized carbons (Fsp3) is 0.353. The van der Waals surface area contributed by atoms with Gasteiger partial charge >= 0.3 is 0 Å². The fourth-order valence-corrected chi connectivity index (χ4v) is 5.01. The number of aliphatic hydroxyl groups excluding tert-OH is 1. The molecule has 3 aromatic rings. The van der Waals surface area contributed by atoms with Gasteiger partial charge in [-0.05, 0) is 79.5 Å². The number of aryl methyl sites for hydroxylation is 1. The second-order valence-corrected chi connectivity index (χ2v) is 10.2. The molecule has 1 N–H and O–H groups in total. The van der Waals surface area contributed by atoms with Crippen molar-refractivity contribution in [3.63, 3.8) is 0 Å². The smallest absolute Gasteiger partial charge is 0.295 e. The number of rotatable bonds is 13. The maximum atomic E-state index is 13.4. The molecule has 1 aliphatic heterocycles. The average molecular weight is 557 g/mol. The first-order chi connectivity index (χ1) is 19.9. The van der Waals surface area contributed by atoms with Crippen molar-refractivity contribution in [2.45, 2.75) is 46.8 Å². The summed E-state index contributed by atoms with van der Waals surface area (Å²) in [6.45, 7) is 11.9. The van der Waals surface area contributed by atoms with Crippen molar-refractivity contribution in [2.24, 2.45) is 0 Å². The second kappa shape index (κ2) is 14.0. The Labute approximate surface area is 243 Å². The largest absolute Gasteiger partial charge is 0.507 e. The molecule has 1 unspecified atom stereocenters. The summed E-state index contributed by atoms with van der Waals surface area (Å²) in [5.41, 5.74) is 3.52. The molecule has 0 aromatic heterocycles. The molecule has 0 radical (unpaired) electrons. The van der Waals surface area contributed by atoms with Crippen molar-refractivity contribution in [2.75, 3.05) is 32.8 Å². The van der Waals surface area contributed by atoms with Crippen molar-refractivity contribution < 1.29 is 24.2 Å². The highest BCUT2D eigenvalue weighted by Gasteiger charge is 2.46. The standard InChI is InChI=1S/C34H40N2O5/c1-5-22-40-28-16-12-25(13-17-28)31-30(33(38)34(39)36(31)21-20-35(6-2)7-3)32(37)26-14-18-29(19-15-26)41-23-27-11-9-8-10-24(27)4/h8-19,31,37H,5-7,20-23H2,1-4H3. The first-order valence-electron chi connectivity index (χ1n) is 14.4. The van der Waals surface area contributed by atoms with Crippen LogP contribution in [-0.2, 0) is 16.2 Å². The normalized spacial score (nSPS) is 16.4. The van der Waals surface area contributed by atoms with Gasteiger partial charge in [0.05, 0.1) is 18.2 Å². The summed E-state index contributed by atoms with van der Waals surface area (Å²) in [7, 11) is 0. The third-order valence-corrected chi connectivity index (χ3v) is 7.54. The van der Waals surface area contributed by atoms with Gasteiger partial charge in [0, 0.05) is 18.7 Å². The SMILES string of the molecule is CCCOc1ccc(C2C(=C(O)c3ccc(OCc4ccccc4C)cc3)C(=O)C(=O)N2CCN(CC)CC)cc1. The number of ketones is 1. The van der Waals surface area contributed by atoms with E-state index < -0.39 is 17.7 Å². The van der Waals surface area contributed by atoms with Gasteiger partial charge in [-0.3, -0.25) is 9.59 Å². The molecule has 7 nitrogen and oxygen atoms in total. The second-order valence-electron chi connectivity index (χ2n) is 10.2. The minimum absolute atomic E-state index is 0.0883. The highest BCUT2D eigenvalue weighted by Crippen LogP contribution is 2.40. The van der Waals surface area contributed by atoms with E-state index in [9.17, 15) is 14.7 Å². The Morgan fingerprint density at radius 2 is 1.51 bits per heavy atom. The Bertz CT molecular complexity index is 1360. The molecule has 1 fully saturated rings. The highest BCUT2D eigenvalue weighted by molar-refractivity contribution is 6.46. The van der Waals surface area contributed by atoms with Crippen LogP contribution in [0.25, 0.3) is 5.76 Å². The molecule has 0 aliphatic carbocycles. The van der Waals surface area contributed by atoms with Crippen molar-refractivity contribution in [3.8, 4) is 11.5 Å². The number of carbonyl (C=O) groups excluding carboxylic acids is 2. The third-order valence-electron chi connectivity index (χ3n) is 7.54. The van der Waals surface area contributed by atoms with Crippen LogP contribution in [0.1, 0.15) is 55.5 Å². The van der Waals surface area contributed by atoms with Crippen molar-refractivity contribution >= 4 is 17.4 Å². The monoisotopic (exact) mass is 556 g/mol. The van der Waals surface area contributed by atoms with Crippen LogP contribution in [0.2, 0.25) is 0 Å². The number of nitrogens with zero attached hydrogens (tertiary/aromatic N) is 2. The van der Waals surface area contributed by atoms with E-state index in [-0.39, 0.29) is 11.3 Å². The average Bonchev–Trinajstić information content (AvgIpc) is 3.25. The Morgan fingerprint density at radius 3 is 2.15 bits per heavy atom. The van der Waals surface area contributed by atoms with Crippen LogP contribution in [0.5, 0.6) is 11.5 Å². The lowest BCUT2D eigenvalue weighted by atomic mass is 9.95. The third kappa shape index (κ3) is 6.98. The fourth-order valence-electron chi connectivity index (χ4n) is 5.01. The Kier molecular flexibility index (Phi) is 10.2. The lowest BCUT2D eigenvalue weighted by molar-refractivity contribution is -0.140. The van der Waals surface area contributed by atoms with Gasteiger partial charge in [-0.25, -0.2) is 0 Å². The molecule has 216 valence electrons. The van der Waals surface area contributed by atoms with Crippen molar-refractivity contribution in [3.05, 3.63) is 101 Å². The van der Waals surface area contributed by atoms with Crippen molar-refractivity contribution in [1.82, 2.24) is 9.80 Å². The molecular weight excluding hydrogens is 516 g/mol.